The summed E-state index contributed by atoms with van der Waals surface area (Å²) in [5, 5.41) is 4.87. The number of carbonyl (C=O) groups excluding carboxylic acids is 4. The Kier molecular flexibility index (Phi) is 7.33. The van der Waals surface area contributed by atoms with Crippen molar-refractivity contribution in [3.8, 4) is 0 Å². The van der Waals surface area contributed by atoms with Gasteiger partial charge in [-0.1, -0.05) is 0 Å². The van der Waals surface area contributed by atoms with Crippen LogP contribution in [0, 0.1) is 6.42 Å². The van der Waals surface area contributed by atoms with Crippen molar-refractivity contribution in [1.82, 2.24) is 14.8 Å². The van der Waals surface area contributed by atoms with Crippen LogP contribution in [0.5, 0.6) is 0 Å². The number of carbonyl (C=O) groups is 4. The molecule has 0 atom stereocenters. The van der Waals surface area contributed by atoms with Crippen LogP contribution in [0.25, 0.3) is 0 Å². The zero-order valence-corrected chi connectivity index (χ0v) is 14.9. The van der Waals surface area contributed by atoms with E-state index in [2.05, 4.69) is 10.3 Å². The van der Waals surface area contributed by atoms with Crippen LogP contribution in [0.15, 0.2) is 11.6 Å². The van der Waals surface area contributed by atoms with E-state index in [9.17, 15) is 19.2 Å². The van der Waals surface area contributed by atoms with Gasteiger partial charge in [0, 0.05) is 44.2 Å². The van der Waals surface area contributed by atoms with E-state index in [0.29, 0.717) is 37.7 Å². The van der Waals surface area contributed by atoms with Gasteiger partial charge in [0.05, 0.1) is 6.42 Å². The molecule has 11 heteroatoms. The minimum atomic E-state index is -0.720. The Labute approximate surface area is 154 Å². The quantitative estimate of drug-likeness (QED) is 0.672. The lowest BCUT2D eigenvalue weighted by Crippen LogP contribution is -2.51. The van der Waals surface area contributed by atoms with Crippen molar-refractivity contribution >= 4 is 40.3 Å². The van der Waals surface area contributed by atoms with Crippen molar-refractivity contribution < 1.29 is 23.9 Å². The van der Waals surface area contributed by atoms with Crippen molar-refractivity contribution in [2.45, 2.75) is 12.8 Å². The van der Waals surface area contributed by atoms with Gasteiger partial charge in [-0.3, -0.25) is 14.4 Å². The molecule has 0 spiro atoms. The predicted molar refractivity (Wildman–Crippen MR) is 93.0 cm³/mol. The van der Waals surface area contributed by atoms with E-state index in [4.69, 9.17) is 10.5 Å². The average molecular weight is 382 g/mol. The van der Waals surface area contributed by atoms with Gasteiger partial charge in [-0.25, -0.2) is 9.78 Å². The number of nitrogens with zero attached hydrogens (tertiary/aromatic N) is 3. The number of anilines is 1. The lowest BCUT2D eigenvalue weighted by atomic mass is 10.2. The van der Waals surface area contributed by atoms with Crippen LogP contribution >= 0.6 is 11.3 Å². The number of thiazole rings is 1. The zero-order valence-electron chi connectivity index (χ0n) is 14.1. The van der Waals surface area contributed by atoms with E-state index in [0.717, 1.165) is 0 Å². The second kappa shape index (κ2) is 9.70. The summed E-state index contributed by atoms with van der Waals surface area (Å²) >= 11 is 1.31. The number of hydrogen-bond acceptors (Lipinski definition) is 7. The highest BCUT2D eigenvalue weighted by Crippen LogP contribution is 2.11. The molecule has 1 fully saturated rings. The summed E-state index contributed by atoms with van der Waals surface area (Å²) in [5.74, 6) is -1.11. The monoisotopic (exact) mass is 382 g/mol. The fourth-order valence-corrected chi connectivity index (χ4v) is 2.82. The third-order valence-corrected chi connectivity index (χ3v) is 4.27. The van der Waals surface area contributed by atoms with Crippen LogP contribution < -0.4 is 11.1 Å². The number of piperazine rings is 1. The van der Waals surface area contributed by atoms with Crippen LogP contribution in [-0.4, -0.2) is 71.4 Å². The highest BCUT2D eigenvalue weighted by Gasteiger charge is 2.25. The van der Waals surface area contributed by atoms with Gasteiger partial charge in [-0.05, 0) is 6.42 Å². The van der Waals surface area contributed by atoms with Gasteiger partial charge in [0.25, 0.3) is 5.91 Å². The molecule has 4 amide bonds. The fourth-order valence-electron chi connectivity index (χ4n) is 2.29. The van der Waals surface area contributed by atoms with E-state index in [1.54, 1.807) is 16.5 Å². The van der Waals surface area contributed by atoms with Crippen LogP contribution in [-0.2, 0) is 19.1 Å². The summed E-state index contributed by atoms with van der Waals surface area (Å²) in [4.78, 5) is 53.1. The van der Waals surface area contributed by atoms with Gasteiger partial charge in [0.2, 0.25) is 11.8 Å². The van der Waals surface area contributed by atoms with E-state index in [-0.39, 0.29) is 18.2 Å². The van der Waals surface area contributed by atoms with Crippen molar-refractivity contribution in [1.29, 1.82) is 0 Å². The SMILES string of the molecule is NC(=O)COC(=O)N1CCN(C(=O)CC[CH]C(=O)Nc2nccs2)CC1. The molecule has 3 N–H and O–H groups in total. The van der Waals surface area contributed by atoms with Crippen molar-refractivity contribution in [2.75, 3.05) is 38.1 Å². The largest absolute Gasteiger partial charge is 0.439 e. The number of ether oxygens (including phenoxy) is 1. The topological polar surface area (TPSA) is 135 Å². The molecule has 2 rings (SSSR count). The summed E-state index contributed by atoms with van der Waals surface area (Å²) in [6, 6.07) is 0. The second-order valence-corrected chi connectivity index (χ2v) is 6.35. The Morgan fingerprint density at radius 1 is 1.23 bits per heavy atom. The number of rotatable bonds is 7. The molecule has 10 nitrogen and oxygen atoms in total. The lowest BCUT2D eigenvalue weighted by Gasteiger charge is -2.34. The maximum atomic E-state index is 12.2. The van der Waals surface area contributed by atoms with Gasteiger partial charge in [0.15, 0.2) is 11.7 Å². The average Bonchev–Trinajstić information content (AvgIpc) is 3.12. The molecule has 1 aliphatic heterocycles. The number of hydrogen-bond donors (Lipinski definition) is 2. The van der Waals surface area contributed by atoms with Crippen molar-refractivity contribution in [3.63, 3.8) is 0 Å². The number of aromatic nitrogens is 1. The fraction of sp³-hybridized carbons (Fsp3) is 0.467. The molecule has 0 unspecified atom stereocenters. The van der Waals surface area contributed by atoms with Crippen LogP contribution in [0.2, 0.25) is 0 Å². The third-order valence-electron chi connectivity index (χ3n) is 3.58. The molecule has 1 aromatic heterocycles. The molecule has 1 saturated heterocycles. The Balaban J connectivity index is 1.62. The Morgan fingerprint density at radius 3 is 2.54 bits per heavy atom. The number of amides is 4. The maximum absolute atomic E-state index is 12.2. The number of primary amides is 1. The molecule has 1 radical (unpaired) electrons. The summed E-state index contributed by atoms with van der Waals surface area (Å²) in [5.41, 5.74) is 4.92. The van der Waals surface area contributed by atoms with Crippen molar-refractivity contribution in [3.05, 3.63) is 18.0 Å². The molecule has 0 bridgehead atoms. The first-order chi connectivity index (χ1) is 12.5. The number of nitrogens with two attached hydrogens (primary N) is 1. The van der Waals surface area contributed by atoms with E-state index in [1.165, 1.54) is 22.7 Å². The molecular weight excluding hydrogens is 362 g/mol. The minimum Gasteiger partial charge on any atom is -0.439 e. The van der Waals surface area contributed by atoms with Gasteiger partial charge in [0.1, 0.15) is 0 Å². The highest BCUT2D eigenvalue weighted by molar-refractivity contribution is 7.13. The Bertz CT molecular complexity index is 643. The highest BCUT2D eigenvalue weighted by atomic mass is 32.1. The second-order valence-electron chi connectivity index (χ2n) is 5.46. The number of nitrogens with one attached hydrogen (secondary N) is 1. The van der Waals surface area contributed by atoms with E-state index in [1.807, 2.05) is 0 Å². The predicted octanol–water partition coefficient (Wildman–Crippen LogP) is -0.168. The first kappa shape index (κ1) is 19.6. The summed E-state index contributed by atoms with van der Waals surface area (Å²) in [7, 11) is 0. The molecule has 2 heterocycles. The molecule has 0 aromatic carbocycles. The molecule has 0 saturated carbocycles. The van der Waals surface area contributed by atoms with Gasteiger partial charge in [-0.2, -0.15) is 0 Å². The smallest absolute Gasteiger partial charge is 0.410 e. The van der Waals surface area contributed by atoms with Crippen LogP contribution in [0.3, 0.4) is 0 Å². The Hall–Kier alpha value is -2.69. The minimum absolute atomic E-state index is 0.0894. The zero-order chi connectivity index (χ0) is 18.9. The molecule has 141 valence electrons. The molecule has 0 aliphatic carbocycles. The van der Waals surface area contributed by atoms with Crippen LogP contribution in [0.4, 0.5) is 9.93 Å². The standard InChI is InChI=1S/C15H20N5O5S/c16-11(21)10-25-15(24)20-7-5-19(6-8-20)13(23)3-1-2-12(22)18-14-17-4-9-26-14/h2,4,9H,1,3,5-8,10H2,(H2,16,21)(H,17,18,22). The van der Waals surface area contributed by atoms with Gasteiger partial charge >= 0.3 is 6.09 Å². The lowest BCUT2D eigenvalue weighted by molar-refractivity contribution is -0.132. The summed E-state index contributed by atoms with van der Waals surface area (Å²) < 4.78 is 4.73. The summed E-state index contributed by atoms with van der Waals surface area (Å²) in [6.45, 7) is 0.914. The van der Waals surface area contributed by atoms with E-state index >= 15 is 0 Å². The maximum Gasteiger partial charge on any atom is 0.410 e. The van der Waals surface area contributed by atoms with Crippen molar-refractivity contribution in [2.24, 2.45) is 5.73 Å². The van der Waals surface area contributed by atoms with Crippen LogP contribution in [0.1, 0.15) is 12.8 Å². The molecule has 1 aromatic rings. The first-order valence-electron chi connectivity index (χ1n) is 7.97. The molecule has 26 heavy (non-hydrogen) atoms. The molecule has 1 aliphatic rings. The summed E-state index contributed by atoms with van der Waals surface area (Å²) in [6.07, 6.45) is 2.90. The van der Waals surface area contributed by atoms with Gasteiger partial charge in [-0.15, -0.1) is 11.3 Å². The normalized spacial score (nSPS) is 14.0. The first-order valence-corrected chi connectivity index (χ1v) is 8.85. The van der Waals surface area contributed by atoms with E-state index < -0.39 is 18.6 Å². The Morgan fingerprint density at radius 2 is 1.92 bits per heavy atom. The molecular formula is C15H20N5O5S. The third kappa shape index (κ3) is 6.31. The van der Waals surface area contributed by atoms with Gasteiger partial charge < -0.3 is 25.6 Å².